The van der Waals surface area contributed by atoms with Crippen molar-refractivity contribution in [3.8, 4) is 6.07 Å². The smallest absolute Gasteiger partial charge is 0.239 e. The molecule has 0 aliphatic carbocycles. The molecule has 0 aromatic carbocycles. The predicted molar refractivity (Wildman–Crippen MR) is 69.5 cm³/mol. The summed E-state index contributed by atoms with van der Waals surface area (Å²) in [6, 6.07) is 1.76. The number of rotatable bonds is 2. The van der Waals surface area contributed by atoms with Crippen LogP contribution in [0.1, 0.15) is 5.82 Å². The quantitative estimate of drug-likeness (QED) is 0.632. The molecule has 2 heterocycles. The van der Waals surface area contributed by atoms with Gasteiger partial charge in [0, 0.05) is 12.4 Å². The molecule has 3 unspecified atom stereocenters. The first-order valence-corrected chi connectivity index (χ1v) is 6.68. The highest BCUT2D eigenvalue weighted by molar-refractivity contribution is 6.45. The third-order valence-corrected chi connectivity index (χ3v) is 4.13. The number of hydrogen-bond acceptors (Lipinski definition) is 5. The molecular formula is C10H8Cl3F2N5. The van der Waals surface area contributed by atoms with Gasteiger partial charge in [-0.25, -0.2) is 20.6 Å². The molecule has 1 aliphatic heterocycles. The van der Waals surface area contributed by atoms with E-state index in [0.29, 0.717) is 0 Å². The van der Waals surface area contributed by atoms with Gasteiger partial charge >= 0.3 is 6.17 Å². The van der Waals surface area contributed by atoms with Gasteiger partial charge in [-0.2, -0.15) is 14.0 Å². The fourth-order valence-electron chi connectivity index (χ4n) is 1.96. The lowest BCUT2D eigenvalue weighted by atomic mass is 9.89. The van der Waals surface area contributed by atoms with Crippen molar-refractivity contribution in [2.24, 2.45) is 0 Å². The average Bonchev–Trinajstić information content (AvgIpc) is 2.41. The molecule has 0 amide bonds. The van der Waals surface area contributed by atoms with Gasteiger partial charge in [0.15, 0.2) is 5.82 Å². The van der Waals surface area contributed by atoms with Crippen molar-refractivity contribution in [1.29, 1.82) is 5.26 Å². The van der Waals surface area contributed by atoms with Crippen LogP contribution in [0.3, 0.4) is 0 Å². The maximum Gasteiger partial charge on any atom is 0.366 e. The van der Waals surface area contributed by atoms with Gasteiger partial charge in [0.2, 0.25) is 0 Å². The SMILES string of the molecule is N#CC1NC(F)(F)NC(c2ncccn2)(C(Cl)Cl)C1Cl. The second-order valence-electron chi connectivity index (χ2n) is 4.09. The molecule has 0 spiro atoms. The standard InChI is InChI=1S/C10H8Cl3F2N5/c11-6-5(4-16)19-10(14,15)20-9(6,7(12)13)8-17-2-1-3-18-8/h1-3,5-7,19-20H. The molecule has 3 atom stereocenters. The van der Waals surface area contributed by atoms with Crippen LogP contribution in [0.15, 0.2) is 18.5 Å². The molecule has 1 saturated heterocycles. The Morgan fingerprint density at radius 2 is 1.95 bits per heavy atom. The van der Waals surface area contributed by atoms with Gasteiger partial charge in [-0.15, -0.1) is 34.8 Å². The van der Waals surface area contributed by atoms with Crippen molar-refractivity contribution in [2.45, 2.75) is 28.0 Å². The zero-order chi connectivity index (χ0) is 15.0. The van der Waals surface area contributed by atoms with Gasteiger partial charge < -0.3 is 0 Å². The Labute approximate surface area is 128 Å². The Morgan fingerprint density at radius 1 is 1.35 bits per heavy atom. The summed E-state index contributed by atoms with van der Waals surface area (Å²) in [5, 5.41) is 11.4. The minimum atomic E-state index is -3.60. The van der Waals surface area contributed by atoms with Crippen LogP contribution in [-0.2, 0) is 5.54 Å². The van der Waals surface area contributed by atoms with Gasteiger partial charge in [-0.1, -0.05) is 0 Å². The van der Waals surface area contributed by atoms with Gasteiger partial charge in [0.1, 0.15) is 16.4 Å². The number of aromatic nitrogens is 2. The number of nitriles is 1. The molecule has 1 aromatic heterocycles. The summed E-state index contributed by atoms with van der Waals surface area (Å²) in [4.78, 5) is 6.36. The van der Waals surface area contributed by atoms with E-state index in [-0.39, 0.29) is 5.82 Å². The first-order valence-electron chi connectivity index (χ1n) is 5.37. The molecule has 2 rings (SSSR count). The molecule has 1 aromatic rings. The summed E-state index contributed by atoms with van der Waals surface area (Å²) in [5.74, 6) is -0.114. The number of nitrogens with one attached hydrogen (secondary N) is 2. The molecule has 2 N–H and O–H groups in total. The minimum absolute atomic E-state index is 0.114. The highest BCUT2D eigenvalue weighted by Crippen LogP contribution is 2.41. The lowest BCUT2D eigenvalue weighted by Gasteiger charge is -2.46. The molecule has 1 aliphatic rings. The van der Waals surface area contributed by atoms with E-state index >= 15 is 0 Å². The zero-order valence-corrected chi connectivity index (χ0v) is 12.0. The first kappa shape index (κ1) is 15.6. The summed E-state index contributed by atoms with van der Waals surface area (Å²) in [7, 11) is 0. The summed E-state index contributed by atoms with van der Waals surface area (Å²) in [6.45, 7) is 0. The maximum atomic E-state index is 13.8. The van der Waals surface area contributed by atoms with Crippen molar-refractivity contribution in [3.05, 3.63) is 24.3 Å². The normalized spacial score (nSPS) is 32.9. The van der Waals surface area contributed by atoms with Gasteiger partial charge in [0.05, 0.1) is 11.4 Å². The summed E-state index contributed by atoms with van der Waals surface area (Å²) >= 11 is 17.9. The van der Waals surface area contributed by atoms with E-state index in [1.54, 1.807) is 11.4 Å². The largest absolute Gasteiger partial charge is 0.366 e. The van der Waals surface area contributed by atoms with E-state index in [1.807, 2.05) is 5.32 Å². The highest BCUT2D eigenvalue weighted by Gasteiger charge is 2.60. The van der Waals surface area contributed by atoms with Crippen LogP contribution in [-0.4, -0.2) is 32.4 Å². The Morgan fingerprint density at radius 3 is 2.45 bits per heavy atom. The molecule has 0 radical (unpaired) electrons. The van der Waals surface area contributed by atoms with Crippen molar-refractivity contribution in [1.82, 2.24) is 20.6 Å². The lowest BCUT2D eigenvalue weighted by Crippen LogP contribution is -2.75. The lowest BCUT2D eigenvalue weighted by molar-refractivity contribution is -0.122. The zero-order valence-electron chi connectivity index (χ0n) is 9.70. The third kappa shape index (κ3) is 2.54. The van der Waals surface area contributed by atoms with E-state index in [0.717, 1.165) is 0 Å². The van der Waals surface area contributed by atoms with Crippen LogP contribution in [0.5, 0.6) is 0 Å². The summed E-state index contributed by atoms with van der Waals surface area (Å²) in [5.41, 5.74) is -1.87. The van der Waals surface area contributed by atoms with Crippen LogP contribution < -0.4 is 10.6 Å². The van der Waals surface area contributed by atoms with Crippen molar-refractivity contribution in [3.63, 3.8) is 0 Å². The fourth-order valence-corrected chi connectivity index (χ4v) is 3.06. The molecule has 0 saturated carbocycles. The topological polar surface area (TPSA) is 73.6 Å². The third-order valence-electron chi connectivity index (χ3n) is 2.85. The maximum absolute atomic E-state index is 13.8. The Kier molecular flexibility index (Phi) is 4.33. The van der Waals surface area contributed by atoms with E-state index in [1.165, 1.54) is 18.5 Å². The number of hydrogen-bond donors (Lipinski definition) is 2. The van der Waals surface area contributed by atoms with Gasteiger partial charge in [-0.3, -0.25) is 0 Å². The average molecular weight is 343 g/mol. The minimum Gasteiger partial charge on any atom is -0.239 e. The van der Waals surface area contributed by atoms with E-state index in [4.69, 9.17) is 40.1 Å². The number of nitrogens with zero attached hydrogens (tertiary/aromatic N) is 3. The van der Waals surface area contributed by atoms with Crippen LogP contribution in [0.25, 0.3) is 0 Å². The second-order valence-corrected chi connectivity index (χ2v) is 5.66. The monoisotopic (exact) mass is 341 g/mol. The van der Waals surface area contributed by atoms with Crippen LogP contribution in [0.2, 0.25) is 0 Å². The molecular weight excluding hydrogens is 334 g/mol. The van der Waals surface area contributed by atoms with Crippen molar-refractivity contribution in [2.75, 3.05) is 0 Å². The van der Waals surface area contributed by atoms with Gasteiger partial charge in [-0.05, 0) is 6.07 Å². The first-order chi connectivity index (χ1) is 9.33. The molecule has 20 heavy (non-hydrogen) atoms. The molecule has 1 fully saturated rings. The predicted octanol–water partition coefficient (Wildman–Crippen LogP) is 1.72. The van der Waals surface area contributed by atoms with Crippen LogP contribution in [0, 0.1) is 11.3 Å². The summed E-state index contributed by atoms with van der Waals surface area (Å²) in [6.07, 6.45) is -0.923. The molecule has 108 valence electrons. The van der Waals surface area contributed by atoms with E-state index < -0.39 is 28.0 Å². The highest BCUT2D eigenvalue weighted by atomic mass is 35.5. The van der Waals surface area contributed by atoms with Gasteiger partial charge in [0.25, 0.3) is 0 Å². The number of alkyl halides is 5. The van der Waals surface area contributed by atoms with E-state index in [2.05, 4.69) is 9.97 Å². The fraction of sp³-hybridized carbons (Fsp3) is 0.500. The Balaban J connectivity index is 2.58. The Hall–Kier alpha value is -0.780. The van der Waals surface area contributed by atoms with Crippen molar-refractivity contribution >= 4 is 34.8 Å². The number of halogens is 5. The second kappa shape index (κ2) is 5.54. The summed E-state index contributed by atoms with van der Waals surface area (Å²) < 4.78 is 27.5. The molecule has 5 nitrogen and oxygen atoms in total. The Bertz CT molecular complexity index is 523. The van der Waals surface area contributed by atoms with Crippen LogP contribution >= 0.6 is 34.8 Å². The van der Waals surface area contributed by atoms with Crippen molar-refractivity contribution < 1.29 is 8.78 Å². The van der Waals surface area contributed by atoms with Crippen LogP contribution in [0.4, 0.5) is 8.78 Å². The molecule has 0 bridgehead atoms. The molecule has 10 heteroatoms. The van der Waals surface area contributed by atoms with E-state index in [9.17, 15) is 8.78 Å².